The first-order chi connectivity index (χ1) is 14.1. The Morgan fingerprint density at radius 3 is 2.40 bits per heavy atom. The Labute approximate surface area is 182 Å². The van der Waals surface area contributed by atoms with Crippen LogP contribution in [-0.4, -0.2) is 28.1 Å². The molecule has 0 saturated heterocycles. The predicted octanol–water partition coefficient (Wildman–Crippen LogP) is 5.32. The third-order valence-electron chi connectivity index (χ3n) is 10.7. The van der Waals surface area contributed by atoms with E-state index in [0.29, 0.717) is 35.4 Å². The molecule has 30 heavy (non-hydrogen) atoms. The number of Topliss-reactive ketones (excluding diaryl/α,β-unsaturated/α-hetero) is 1. The number of carbonyl (C=O) groups excluding carboxylic acids is 1. The van der Waals surface area contributed by atoms with Gasteiger partial charge in [0, 0.05) is 18.3 Å². The molecule has 4 saturated carbocycles. The van der Waals surface area contributed by atoms with Crippen LogP contribution < -0.4 is 0 Å². The van der Waals surface area contributed by atoms with Gasteiger partial charge in [-0.15, -0.1) is 0 Å². The van der Waals surface area contributed by atoms with Gasteiger partial charge in [-0.2, -0.15) is 0 Å². The Morgan fingerprint density at radius 2 is 1.73 bits per heavy atom. The second-order valence-corrected chi connectivity index (χ2v) is 11.8. The van der Waals surface area contributed by atoms with Gasteiger partial charge in [-0.25, -0.2) is 0 Å². The van der Waals surface area contributed by atoms with Crippen molar-refractivity contribution in [3.8, 4) is 0 Å². The topological polar surface area (TPSA) is 74.6 Å². The third kappa shape index (κ3) is 3.27. The minimum Gasteiger partial charge on any atom is -0.481 e. The molecule has 10 atom stereocenters. The number of hydrogen-bond acceptors (Lipinski definition) is 3. The van der Waals surface area contributed by atoms with Crippen LogP contribution in [0.25, 0.3) is 0 Å². The number of aliphatic carboxylic acids is 1. The molecule has 0 heterocycles. The van der Waals surface area contributed by atoms with Gasteiger partial charge in [-0.05, 0) is 98.2 Å². The molecule has 4 rings (SSSR count). The summed E-state index contributed by atoms with van der Waals surface area (Å²) in [4.78, 5) is 25.0. The number of fused-ring (bicyclic) bond motifs is 5. The molecule has 4 nitrogen and oxygen atoms in total. The van der Waals surface area contributed by atoms with Crippen LogP contribution in [0, 0.1) is 52.3 Å². The molecule has 0 aromatic carbocycles. The van der Waals surface area contributed by atoms with E-state index in [1.165, 1.54) is 6.42 Å². The van der Waals surface area contributed by atoms with Crippen molar-refractivity contribution in [1.29, 1.82) is 0 Å². The van der Waals surface area contributed by atoms with Crippen molar-refractivity contribution >= 4 is 11.8 Å². The summed E-state index contributed by atoms with van der Waals surface area (Å²) in [6, 6.07) is 0. The van der Waals surface area contributed by atoms with Crippen molar-refractivity contribution in [2.75, 3.05) is 0 Å². The summed E-state index contributed by atoms with van der Waals surface area (Å²) in [6.45, 7) is 9.28. The van der Waals surface area contributed by atoms with Gasteiger partial charge >= 0.3 is 5.97 Å². The highest BCUT2D eigenvalue weighted by Crippen LogP contribution is 2.68. The molecule has 4 fully saturated rings. The number of aliphatic hydroxyl groups excluding tert-OH is 1. The van der Waals surface area contributed by atoms with Crippen LogP contribution in [0.1, 0.15) is 91.9 Å². The molecule has 0 aromatic heterocycles. The lowest BCUT2D eigenvalue weighted by molar-refractivity contribution is -0.173. The molecule has 0 aromatic rings. The molecular formula is C26H42O4. The maximum Gasteiger partial charge on any atom is 0.303 e. The first kappa shape index (κ1) is 22.3. The van der Waals surface area contributed by atoms with Gasteiger partial charge in [0.05, 0.1) is 6.10 Å². The Balaban J connectivity index is 1.62. The van der Waals surface area contributed by atoms with Crippen LogP contribution in [0.2, 0.25) is 0 Å². The average Bonchev–Trinajstić information content (AvgIpc) is 3.05. The molecule has 170 valence electrons. The fourth-order valence-electron chi connectivity index (χ4n) is 9.16. The summed E-state index contributed by atoms with van der Waals surface area (Å²) in [5.74, 6) is 2.31. The zero-order valence-electron chi connectivity index (χ0n) is 19.4. The van der Waals surface area contributed by atoms with Gasteiger partial charge in [0.15, 0.2) is 0 Å². The van der Waals surface area contributed by atoms with Crippen molar-refractivity contribution in [2.24, 2.45) is 52.3 Å². The van der Waals surface area contributed by atoms with Crippen molar-refractivity contribution < 1.29 is 19.8 Å². The molecule has 2 N–H and O–H groups in total. The SMILES string of the molecule is CC[C@H]1C(=O)[C@@H]2[C@H](CC[C@]3(C)[C@@H]([C@@H](C)CCC(=O)O)CC[C@@H]23)[C@@]2(C)CC[C@@H](O)C[C@@H]12. The summed E-state index contributed by atoms with van der Waals surface area (Å²) >= 11 is 0. The van der Waals surface area contributed by atoms with Crippen LogP contribution in [-0.2, 0) is 9.59 Å². The average molecular weight is 419 g/mol. The van der Waals surface area contributed by atoms with Crippen LogP contribution in [0.15, 0.2) is 0 Å². The van der Waals surface area contributed by atoms with Gasteiger partial charge in [0.25, 0.3) is 0 Å². The van der Waals surface area contributed by atoms with E-state index in [1.807, 2.05) is 0 Å². The number of rotatable bonds is 5. The van der Waals surface area contributed by atoms with Crippen molar-refractivity contribution in [1.82, 2.24) is 0 Å². The maximum absolute atomic E-state index is 13.9. The lowest BCUT2D eigenvalue weighted by atomic mass is 9.42. The van der Waals surface area contributed by atoms with E-state index in [9.17, 15) is 14.7 Å². The van der Waals surface area contributed by atoms with E-state index in [2.05, 4.69) is 27.7 Å². The Bertz CT molecular complexity index is 689. The molecule has 0 unspecified atom stereocenters. The standard InChI is InChI=1S/C26H42O4/c1-5-17-21-14-16(27)10-12-26(21,4)20-11-13-25(3)18(15(2)6-9-22(28)29)7-8-19(25)23(20)24(17)30/h15-21,23,27H,5-14H2,1-4H3,(H,28,29)/t15-,16+,17+,18+,19-,20-,21-,23-,25+,26+/m0/s1. The number of ketones is 1. The second-order valence-electron chi connectivity index (χ2n) is 11.8. The van der Waals surface area contributed by atoms with E-state index in [4.69, 9.17) is 5.11 Å². The first-order valence-electron chi connectivity index (χ1n) is 12.6. The molecule has 4 aliphatic carbocycles. The van der Waals surface area contributed by atoms with Crippen LogP contribution in [0.5, 0.6) is 0 Å². The summed E-state index contributed by atoms with van der Waals surface area (Å²) in [5.41, 5.74) is 0.358. The van der Waals surface area contributed by atoms with E-state index >= 15 is 0 Å². The number of carboxylic acid groups (broad SMARTS) is 1. The number of carboxylic acids is 1. The van der Waals surface area contributed by atoms with Gasteiger partial charge < -0.3 is 10.2 Å². The lowest BCUT2D eigenvalue weighted by Gasteiger charge is -2.62. The smallest absolute Gasteiger partial charge is 0.303 e. The molecule has 0 radical (unpaired) electrons. The minimum absolute atomic E-state index is 0.108. The monoisotopic (exact) mass is 418 g/mol. The van der Waals surface area contributed by atoms with E-state index < -0.39 is 5.97 Å². The highest BCUT2D eigenvalue weighted by atomic mass is 16.4. The minimum atomic E-state index is -0.697. The third-order valence-corrected chi connectivity index (χ3v) is 10.7. The number of carbonyl (C=O) groups is 2. The Kier molecular flexibility index (Phi) is 5.87. The van der Waals surface area contributed by atoms with E-state index in [-0.39, 0.29) is 35.2 Å². The molecule has 4 aliphatic rings. The highest BCUT2D eigenvalue weighted by Gasteiger charge is 2.65. The Morgan fingerprint density at radius 1 is 1.07 bits per heavy atom. The zero-order chi connectivity index (χ0) is 21.8. The fourth-order valence-corrected chi connectivity index (χ4v) is 9.16. The fraction of sp³-hybridized carbons (Fsp3) is 0.923. The van der Waals surface area contributed by atoms with Crippen molar-refractivity contribution in [3.05, 3.63) is 0 Å². The molecule has 0 bridgehead atoms. The van der Waals surface area contributed by atoms with Crippen LogP contribution in [0.4, 0.5) is 0 Å². The summed E-state index contributed by atoms with van der Waals surface area (Å²) in [6.07, 6.45) is 9.01. The summed E-state index contributed by atoms with van der Waals surface area (Å²) in [7, 11) is 0. The number of hydrogen-bond donors (Lipinski definition) is 2. The molecule has 0 spiro atoms. The molecule has 0 amide bonds. The predicted molar refractivity (Wildman–Crippen MR) is 117 cm³/mol. The van der Waals surface area contributed by atoms with Crippen molar-refractivity contribution in [2.45, 2.75) is 98.0 Å². The molecular weight excluding hydrogens is 376 g/mol. The summed E-state index contributed by atoms with van der Waals surface area (Å²) < 4.78 is 0. The number of aliphatic hydroxyl groups is 1. The molecule has 4 heteroatoms. The lowest BCUT2D eigenvalue weighted by Crippen LogP contribution is -2.60. The highest BCUT2D eigenvalue weighted by molar-refractivity contribution is 5.86. The van der Waals surface area contributed by atoms with Gasteiger partial charge in [-0.3, -0.25) is 9.59 Å². The van der Waals surface area contributed by atoms with E-state index in [1.54, 1.807) is 0 Å². The molecule has 0 aliphatic heterocycles. The van der Waals surface area contributed by atoms with Gasteiger partial charge in [0.1, 0.15) is 5.78 Å². The van der Waals surface area contributed by atoms with Gasteiger partial charge in [-0.1, -0.05) is 27.7 Å². The quantitative estimate of drug-likeness (QED) is 0.633. The second kappa shape index (κ2) is 7.90. The van der Waals surface area contributed by atoms with E-state index in [0.717, 1.165) is 51.4 Å². The van der Waals surface area contributed by atoms with Crippen LogP contribution >= 0.6 is 0 Å². The normalized spacial score (nSPS) is 49.1. The first-order valence-corrected chi connectivity index (χ1v) is 12.6. The zero-order valence-corrected chi connectivity index (χ0v) is 19.4. The van der Waals surface area contributed by atoms with Crippen molar-refractivity contribution in [3.63, 3.8) is 0 Å². The Hall–Kier alpha value is -0.900. The van der Waals surface area contributed by atoms with Gasteiger partial charge in [0.2, 0.25) is 0 Å². The largest absolute Gasteiger partial charge is 0.481 e. The van der Waals surface area contributed by atoms with Crippen LogP contribution in [0.3, 0.4) is 0 Å². The summed E-state index contributed by atoms with van der Waals surface area (Å²) in [5, 5.41) is 19.5. The maximum atomic E-state index is 13.9.